The van der Waals surface area contributed by atoms with E-state index in [9.17, 15) is 9.59 Å². The Morgan fingerprint density at radius 3 is 2.74 bits per heavy atom. The van der Waals surface area contributed by atoms with Gasteiger partial charge in [0.15, 0.2) is 10.8 Å². The van der Waals surface area contributed by atoms with E-state index in [0.29, 0.717) is 37.5 Å². The Labute approximate surface area is 159 Å². The van der Waals surface area contributed by atoms with E-state index in [4.69, 9.17) is 9.52 Å². The van der Waals surface area contributed by atoms with Crippen molar-refractivity contribution in [1.29, 1.82) is 0 Å². The third-order valence-electron chi connectivity index (χ3n) is 4.71. The number of thiazole rings is 1. The van der Waals surface area contributed by atoms with Crippen molar-refractivity contribution in [2.24, 2.45) is 5.92 Å². The number of piperidine rings is 1. The van der Waals surface area contributed by atoms with Crippen molar-refractivity contribution >= 4 is 33.6 Å². The molecule has 2 aromatic heterocycles. The number of benzene rings is 1. The standard InChI is InChI=1S/C19H19N3O4S/c23-18(24)12-7-9-22(10-8-12)19(25)20-11-13-5-6-15(26-13)17-21-14-3-1-2-4-16(14)27-17/h1-6,12H,7-11H2,(H,20,25)(H,23,24). The highest BCUT2D eigenvalue weighted by Crippen LogP contribution is 2.31. The van der Waals surface area contributed by atoms with Gasteiger partial charge in [-0.25, -0.2) is 9.78 Å². The zero-order valence-electron chi connectivity index (χ0n) is 14.6. The van der Waals surface area contributed by atoms with Crippen LogP contribution in [0.25, 0.3) is 21.0 Å². The van der Waals surface area contributed by atoms with Gasteiger partial charge in [0.1, 0.15) is 5.76 Å². The van der Waals surface area contributed by atoms with Crippen molar-refractivity contribution in [2.45, 2.75) is 19.4 Å². The van der Waals surface area contributed by atoms with Crippen LogP contribution in [0.1, 0.15) is 18.6 Å². The van der Waals surface area contributed by atoms with Crippen molar-refractivity contribution in [3.8, 4) is 10.8 Å². The van der Waals surface area contributed by atoms with E-state index in [2.05, 4.69) is 10.3 Å². The lowest BCUT2D eigenvalue weighted by Crippen LogP contribution is -2.45. The monoisotopic (exact) mass is 385 g/mol. The second-order valence-electron chi connectivity index (χ2n) is 6.51. The van der Waals surface area contributed by atoms with Gasteiger partial charge in [-0.15, -0.1) is 11.3 Å². The average molecular weight is 385 g/mol. The zero-order valence-corrected chi connectivity index (χ0v) is 15.4. The fraction of sp³-hybridized carbons (Fsp3) is 0.316. The summed E-state index contributed by atoms with van der Waals surface area (Å²) >= 11 is 1.56. The van der Waals surface area contributed by atoms with Gasteiger partial charge in [-0.2, -0.15) is 0 Å². The van der Waals surface area contributed by atoms with Gasteiger partial charge >= 0.3 is 12.0 Å². The number of rotatable bonds is 4. The van der Waals surface area contributed by atoms with Crippen molar-refractivity contribution in [2.75, 3.05) is 13.1 Å². The summed E-state index contributed by atoms with van der Waals surface area (Å²) in [6.45, 7) is 1.19. The lowest BCUT2D eigenvalue weighted by atomic mass is 9.97. The first kappa shape index (κ1) is 17.5. The van der Waals surface area contributed by atoms with E-state index in [0.717, 1.165) is 15.2 Å². The van der Waals surface area contributed by atoms with Gasteiger partial charge in [-0.05, 0) is 37.1 Å². The number of likely N-dealkylation sites (tertiary alicyclic amines) is 1. The molecule has 0 atom stereocenters. The maximum Gasteiger partial charge on any atom is 0.317 e. The summed E-state index contributed by atoms with van der Waals surface area (Å²) in [5, 5.41) is 12.7. The molecule has 1 aliphatic heterocycles. The number of amides is 2. The van der Waals surface area contributed by atoms with E-state index < -0.39 is 5.97 Å². The Hall–Kier alpha value is -2.87. The molecule has 1 saturated heterocycles. The molecule has 8 heteroatoms. The smallest absolute Gasteiger partial charge is 0.317 e. The minimum absolute atomic E-state index is 0.197. The summed E-state index contributed by atoms with van der Waals surface area (Å²) in [6, 6.07) is 11.4. The van der Waals surface area contributed by atoms with Gasteiger partial charge in [0.25, 0.3) is 0 Å². The minimum atomic E-state index is -0.784. The van der Waals surface area contributed by atoms with Crippen LogP contribution in [-0.2, 0) is 11.3 Å². The molecule has 2 amide bonds. The van der Waals surface area contributed by atoms with Crippen molar-refractivity contribution < 1.29 is 19.1 Å². The van der Waals surface area contributed by atoms with Crippen LogP contribution in [0.2, 0.25) is 0 Å². The summed E-state index contributed by atoms with van der Waals surface area (Å²) in [7, 11) is 0. The van der Waals surface area contributed by atoms with Gasteiger partial charge in [0, 0.05) is 13.1 Å². The number of para-hydroxylation sites is 1. The molecule has 7 nitrogen and oxygen atoms in total. The SMILES string of the molecule is O=C(O)C1CCN(C(=O)NCc2ccc(-c3nc4ccccc4s3)o2)CC1. The molecule has 0 aliphatic carbocycles. The molecular weight excluding hydrogens is 366 g/mol. The van der Waals surface area contributed by atoms with E-state index >= 15 is 0 Å². The largest absolute Gasteiger partial charge is 0.481 e. The Balaban J connectivity index is 1.34. The summed E-state index contributed by atoms with van der Waals surface area (Å²) in [4.78, 5) is 29.5. The molecule has 1 aromatic carbocycles. The number of aromatic nitrogens is 1. The molecule has 1 fully saturated rings. The highest BCUT2D eigenvalue weighted by atomic mass is 32.1. The quantitative estimate of drug-likeness (QED) is 0.716. The average Bonchev–Trinajstić information content (AvgIpc) is 3.32. The minimum Gasteiger partial charge on any atom is -0.481 e. The number of furan rings is 1. The number of carbonyl (C=O) groups is 2. The molecule has 3 aromatic rings. The molecule has 0 radical (unpaired) electrons. The first-order valence-electron chi connectivity index (χ1n) is 8.80. The Morgan fingerprint density at radius 2 is 2.00 bits per heavy atom. The number of urea groups is 1. The fourth-order valence-electron chi connectivity index (χ4n) is 3.17. The second-order valence-corrected chi connectivity index (χ2v) is 7.54. The van der Waals surface area contributed by atoms with Crippen LogP contribution in [-0.4, -0.2) is 40.1 Å². The molecule has 2 N–H and O–H groups in total. The molecule has 140 valence electrons. The van der Waals surface area contributed by atoms with Crippen LogP contribution in [0.3, 0.4) is 0 Å². The molecule has 0 bridgehead atoms. The van der Waals surface area contributed by atoms with Gasteiger partial charge in [0.2, 0.25) is 0 Å². The predicted molar refractivity (Wildman–Crippen MR) is 101 cm³/mol. The molecule has 0 saturated carbocycles. The van der Waals surface area contributed by atoms with Crippen LogP contribution in [0.4, 0.5) is 4.79 Å². The molecule has 0 spiro atoms. The molecule has 0 unspecified atom stereocenters. The number of carbonyl (C=O) groups excluding carboxylic acids is 1. The normalized spacial score (nSPS) is 15.2. The molecule has 27 heavy (non-hydrogen) atoms. The van der Waals surface area contributed by atoms with Crippen LogP contribution in [0.15, 0.2) is 40.8 Å². The third kappa shape index (κ3) is 3.80. The van der Waals surface area contributed by atoms with E-state index in [-0.39, 0.29) is 18.5 Å². The lowest BCUT2D eigenvalue weighted by molar-refractivity contribution is -0.143. The van der Waals surface area contributed by atoms with Crippen LogP contribution in [0.5, 0.6) is 0 Å². The van der Waals surface area contributed by atoms with Crippen LogP contribution < -0.4 is 5.32 Å². The summed E-state index contributed by atoms with van der Waals surface area (Å²) in [6.07, 6.45) is 0.983. The Morgan fingerprint density at radius 1 is 1.22 bits per heavy atom. The first-order chi connectivity index (χ1) is 13.1. The lowest BCUT2D eigenvalue weighted by Gasteiger charge is -2.30. The van der Waals surface area contributed by atoms with Crippen LogP contribution in [0, 0.1) is 5.92 Å². The molecular formula is C19H19N3O4S. The topological polar surface area (TPSA) is 95.7 Å². The van der Waals surface area contributed by atoms with Gasteiger partial charge in [-0.1, -0.05) is 12.1 Å². The number of hydrogen-bond donors (Lipinski definition) is 2. The van der Waals surface area contributed by atoms with Crippen LogP contribution >= 0.6 is 11.3 Å². The maximum absolute atomic E-state index is 12.3. The number of nitrogens with zero attached hydrogens (tertiary/aromatic N) is 2. The van der Waals surface area contributed by atoms with E-state index in [1.807, 2.05) is 36.4 Å². The summed E-state index contributed by atoms with van der Waals surface area (Å²) in [5.74, 6) is 0.198. The fourth-order valence-corrected chi connectivity index (χ4v) is 4.10. The molecule has 1 aliphatic rings. The number of aliphatic carboxylic acids is 1. The summed E-state index contributed by atoms with van der Waals surface area (Å²) < 4.78 is 6.92. The number of carboxylic acid groups (broad SMARTS) is 1. The number of nitrogens with one attached hydrogen (secondary N) is 1. The second kappa shape index (κ2) is 7.40. The molecule has 4 rings (SSSR count). The van der Waals surface area contributed by atoms with Crippen molar-refractivity contribution in [3.63, 3.8) is 0 Å². The summed E-state index contributed by atoms with van der Waals surface area (Å²) in [5.41, 5.74) is 0.938. The van der Waals surface area contributed by atoms with Gasteiger partial charge in [-0.3, -0.25) is 4.79 Å². The number of fused-ring (bicyclic) bond motifs is 1. The highest BCUT2D eigenvalue weighted by Gasteiger charge is 2.26. The Kier molecular flexibility index (Phi) is 4.81. The number of hydrogen-bond acceptors (Lipinski definition) is 5. The van der Waals surface area contributed by atoms with E-state index in [1.54, 1.807) is 16.2 Å². The third-order valence-corrected chi connectivity index (χ3v) is 5.76. The van der Waals surface area contributed by atoms with Gasteiger partial charge in [0.05, 0.1) is 22.7 Å². The first-order valence-corrected chi connectivity index (χ1v) is 9.62. The predicted octanol–water partition coefficient (Wildman–Crippen LogP) is 3.56. The Bertz CT molecular complexity index is 939. The van der Waals surface area contributed by atoms with Crippen molar-refractivity contribution in [3.05, 3.63) is 42.2 Å². The van der Waals surface area contributed by atoms with Gasteiger partial charge < -0.3 is 19.7 Å². The zero-order chi connectivity index (χ0) is 18.8. The highest BCUT2D eigenvalue weighted by molar-refractivity contribution is 7.21. The van der Waals surface area contributed by atoms with Crippen molar-refractivity contribution in [1.82, 2.24) is 15.2 Å². The number of carboxylic acids is 1. The van der Waals surface area contributed by atoms with E-state index in [1.165, 1.54) is 0 Å². The maximum atomic E-state index is 12.3. The molecule has 3 heterocycles.